The van der Waals surface area contributed by atoms with Crippen molar-refractivity contribution in [2.75, 3.05) is 0 Å². The Morgan fingerprint density at radius 1 is 0.281 bits per heavy atom. The Kier molecular flexibility index (Phi) is 7.36. The molecule has 0 saturated heterocycles. The number of nitrogens with zero attached hydrogens (tertiary/aromatic N) is 4. The number of hydrogen-bond acceptors (Lipinski definition) is 2. The van der Waals surface area contributed by atoms with Gasteiger partial charge in [-0.1, -0.05) is 158 Å². The average Bonchev–Trinajstić information content (AvgIpc) is 3.90. The first kappa shape index (κ1) is 35.0. The van der Waals surface area contributed by atoms with E-state index in [0.717, 1.165) is 33.2 Å². The summed E-state index contributed by atoms with van der Waals surface area (Å²) in [6, 6.07) is 71.0. The Morgan fingerprint density at radius 3 is 1.06 bits per heavy atom. The van der Waals surface area contributed by atoms with E-state index in [0.29, 0.717) is 0 Å². The summed E-state index contributed by atoms with van der Waals surface area (Å²) >= 11 is 0. The third kappa shape index (κ3) is 4.88. The molecule has 0 saturated carbocycles. The summed E-state index contributed by atoms with van der Waals surface area (Å²) in [5.74, 6) is 0. The van der Waals surface area contributed by atoms with Crippen LogP contribution >= 0.6 is 0 Å². The summed E-state index contributed by atoms with van der Waals surface area (Å²) < 4.78 is 4.97. The molecular formula is C60H36N4. The van der Waals surface area contributed by atoms with E-state index in [1.165, 1.54) is 97.9 Å². The second kappa shape index (κ2) is 13.4. The number of rotatable bonds is 4. The minimum atomic E-state index is 1.10. The van der Waals surface area contributed by atoms with Gasteiger partial charge in [-0.3, -0.25) is 9.97 Å². The van der Waals surface area contributed by atoms with Crippen LogP contribution in [0.4, 0.5) is 0 Å². The Labute approximate surface area is 367 Å². The predicted molar refractivity (Wildman–Crippen MR) is 269 cm³/mol. The molecular weight excluding hydrogens is 777 g/mol. The maximum absolute atomic E-state index is 4.76. The van der Waals surface area contributed by atoms with Crippen LogP contribution in [0.15, 0.2) is 219 Å². The van der Waals surface area contributed by atoms with E-state index in [4.69, 9.17) is 9.97 Å². The fourth-order valence-electron chi connectivity index (χ4n) is 11.0. The Balaban J connectivity index is 1.12. The number of aromatic nitrogens is 4. The molecule has 10 aromatic carbocycles. The highest BCUT2D eigenvalue weighted by Crippen LogP contribution is 2.50. The molecule has 0 radical (unpaired) electrons. The van der Waals surface area contributed by atoms with Crippen molar-refractivity contribution in [3.05, 3.63) is 219 Å². The van der Waals surface area contributed by atoms with Crippen molar-refractivity contribution in [2.24, 2.45) is 0 Å². The molecule has 4 heteroatoms. The van der Waals surface area contributed by atoms with Crippen LogP contribution in [0.2, 0.25) is 0 Å². The number of pyridine rings is 2. The largest absolute Gasteiger partial charge is 0.308 e. The van der Waals surface area contributed by atoms with Crippen LogP contribution in [0.5, 0.6) is 0 Å². The molecule has 64 heavy (non-hydrogen) atoms. The summed E-state index contributed by atoms with van der Waals surface area (Å²) in [5, 5.41) is 16.9. The van der Waals surface area contributed by atoms with Crippen LogP contribution < -0.4 is 0 Å². The SMILES string of the molecule is c1ccc2c(-c3ccc(-n4c5ccncc5c5c6ccccc6c6c(c7ccccc7c7c8cnccc8n(-c8ccc(-c9cccc%10ccccc9%10)cc8)c76)c54)cc3)cccc2c1. The molecule has 4 nitrogen and oxygen atoms in total. The minimum Gasteiger partial charge on any atom is -0.308 e. The predicted octanol–water partition coefficient (Wildman–Crippen LogP) is 15.8. The molecule has 0 aliphatic rings. The van der Waals surface area contributed by atoms with E-state index >= 15 is 0 Å². The maximum Gasteiger partial charge on any atom is 0.0633 e. The molecule has 0 fully saturated rings. The van der Waals surface area contributed by atoms with Crippen molar-refractivity contribution in [3.63, 3.8) is 0 Å². The Bertz CT molecular complexity index is 3950. The van der Waals surface area contributed by atoms with Gasteiger partial charge in [-0.25, -0.2) is 0 Å². The van der Waals surface area contributed by atoms with Gasteiger partial charge < -0.3 is 9.13 Å². The minimum absolute atomic E-state index is 1.10. The van der Waals surface area contributed by atoms with Gasteiger partial charge in [0.2, 0.25) is 0 Å². The van der Waals surface area contributed by atoms with Crippen molar-refractivity contribution in [1.82, 2.24) is 19.1 Å². The molecule has 0 spiro atoms. The maximum atomic E-state index is 4.76. The van der Waals surface area contributed by atoms with Gasteiger partial charge >= 0.3 is 0 Å². The van der Waals surface area contributed by atoms with E-state index in [9.17, 15) is 0 Å². The highest BCUT2D eigenvalue weighted by molar-refractivity contribution is 6.44. The van der Waals surface area contributed by atoms with Gasteiger partial charge in [0.15, 0.2) is 0 Å². The number of fused-ring (bicyclic) bond motifs is 17. The molecule has 0 aliphatic carbocycles. The molecule has 0 amide bonds. The zero-order valence-corrected chi connectivity index (χ0v) is 34.6. The van der Waals surface area contributed by atoms with E-state index in [1.54, 1.807) is 0 Å². The van der Waals surface area contributed by atoms with Gasteiger partial charge in [0.25, 0.3) is 0 Å². The quantitative estimate of drug-likeness (QED) is 0.166. The van der Waals surface area contributed by atoms with E-state index in [2.05, 4.69) is 216 Å². The van der Waals surface area contributed by atoms with Gasteiger partial charge in [0.1, 0.15) is 0 Å². The summed E-state index contributed by atoms with van der Waals surface area (Å²) in [5.41, 5.74) is 11.6. The van der Waals surface area contributed by atoms with Gasteiger partial charge in [-0.05, 0) is 102 Å². The van der Waals surface area contributed by atoms with Crippen molar-refractivity contribution in [2.45, 2.75) is 0 Å². The number of benzene rings is 10. The molecule has 0 aliphatic heterocycles. The van der Waals surface area contributed by atoms with Crippen LogP contribution in [0, 0.1) is 0 Å². The van der Waals surface area contributed by atoms with Gasteiger partial charge in [0.05, 0.1) is 22.1 Å². The first-order chi connectivity index (χ1) is 31.8. The topological polar surface area (TPSA) is 35.6 Å². The summed E-state index contributed by atoms with van der Waals surface area (Å²) in [4.78, 5) is 9.51. The normalized spacial score (nSPS) is 12.1. The zero-order valence-electron chi connectivity index (χ0n) is 34.6. The van der Waals surface area contributed by atoms with Crippen LogP contribution in [0.3, 0.4) is 0 Å². The van der Waals surface area contributed by atoms with Crippen molar-refractivity contribution in [3.8, 4) is 33.6 Å². The molecule has 14 aromatic rings. The second-order valence-electron chi connectivity index (χ2n) is 16.9. The molecule has 0 N–H and O–H groups in total. The lowest BCUT2D eigenvalue weighted by atomic mass is 9.90. The highest BCUT2D eigenvalue weighted by atomic mass is 15.0. The molecule has 0 atom stereocenters. The van der Waals surface area contributed by atoms with Gasteiger partial charge in [0, 0.05) is 68.5 Å². The fraction of sp³-hybridized carbons (Fsp3) is 0. The van der Waals surface area contributed by atoms with Crippen molar-refractivity contribution < 1.29 is 0 Å². The first-order valence-electron chi connectivity index (χ1n) is 21.9. The number of hydrogen-bond donors (Lipinski definition) is 0. The van der Waals surface area contributed by atoms with Gasteiger partial charge in [-0.2, -0.15) is 0 Å². The molecule has 296 valence electrons. The monoisotopic (exact) mass is 812 g/mol. The van der Waals surface area contributed by atoms with Crippen LogP contribution in [-0.2, 0) is 0 Å². The lowest BCUT2D eigenvalue weighted by molar-refractivity contribution is 1.18. The average molecular weight is 813 g/mol. The second-order valence-corrected chi connectivity index (χ2v) is 16.9. The summed E-state index contributed by atoms with van der Waals surface area (Å²) in [6.45, 7) is 0. The molecule has 14 rings (SSSR count). The summed E-state index contributed by atoms with van der Waals surface area (Å²) in [6.07, 6.45) is 7.96. The standard InChI is InChI=1S/C60H36N4/c1-3-15-43-37(11-1)13-9-21-45(43)39-23-27-41(28-24-39)63-53-31-33-61-35-51(53)55-47-17-5-8-20-50(47)58-57(59(55)63)49-19-7-6-18-48(49)56-52-36-62-34-32-54(52)64(60(56)58)42-29-25-40(26-30-42)46-22-10-14-38-12-2-4-16-44(38)46/h1-36H. The molecule has 4 heterocycles. The van der Waals surface area contributed by atoms with E-state index in [-0.39, 0.29) is 0 Å². The Morgan fingerprint density at radius 2 is 0.641 bits per heavy atom. The van der Waals surface area contributed by atoms with Crippen molar-refractivity contribution >= 4 is 97.5 Å². The third-order valence-electron chi connectivity index (χ3n) is 13.6. The fourth-order valence-corrected chi connectivity index (χ4v) is 11.0. The molecule has 4 aromatic heterocycles. The highest BCUT2D eigenvalue weighted by Gasteiger charge is 2.26. The third-order valence-corrected chi connectivity index (χ3v) is 13.6. The molecule has 0 bridgehead atoms. The lowest BCUT2D eigenvalue weighted by Crippen LogP contribution is -1.98. The van der Waals surface area contributed by atoms with Gasteiger partial charge in [-0.15, -0.1) is 0 Å². The molecule has 0 unspecified atom stereocenters. The van der Waals surface area contributed by atoms with E-state index < -0.39 is 0 Å². The first-order valence-corrected chi connectivity index (χ1v) is 21.9. The van der Waals surface area contributed by atoms with Crippen LogP contribution in [-0.4, -0.2) is 19.1 Å². The summed E-state index contributed by atoms with van der Waals surface area (Å²) in [7, 11) is 0. The van der Waals surface area contributed by atoms with Crippen molar-refractivity contribution in [1.29, 1.82) is 0 Å². The zero-order chi connectivity index (χ0) is 41.9. The lowest BCUT2D eigenvalue weighted by Gasteiger charge is -2.18. The smallest absolute Gasteiger partial charge is 0.0633 e. The van der Waals surface area contributed by atoms with Crippen LogP contribution in [0.1, 0.15) is 0 Å². The van der Waals surface area contributed by atoms with E-state index in [1.807, 2.05) is 12.4 Å². The Hall–Kier alpha value is -8.60. The van der Waals surface area contributed by atoms with Crippen LogP contribution in [0.25, 0.3) is 131 Å².